The molecule has 1 saturated heterocycles. The molecule has 3 aliphatic rings. The zero-order valence-corrected chi connectivity index (χ0v) is 25.2. The molecule has 2 aromatic rings. The summed E-state index contributed by atoms with van der Waals surface area (Å²) in [5.41, 5.74) is 2.72. The Morgan fingerprint density at radius 1 is 1.15 bits per heavy atom. The number of nitrogens with zero attached hydrogens (tertiary/aromatic N) is 1. The zero-order chi connectivity index (χ0) is 27.3. The summed E-state index contributed by atoms with van der Waals surface area (Å²) in [6.45, 7) is 5.82. The van der Waals surface area contributed by atoms with Crippen molar-refractivity contribution in [3.63, 3.8) is 0 Å². The molecule has 0 radical (unpaired) electrons. The summed E-state index contributed by atoms with van der Waals surface area (Å²) >= 11 is 5.43. The largest absolute Gasteiger partial charge is 0.390 e. The Kier molecular flexibility index (Phi) is 9.40. The predicted octanol–water partition coefficient (Wildman–Crippen LogP) is 8.75. The van der Waals surface area contributed by atoms with Gasteiger partial charge in [0.1, 0.15) is 10.6 Å². The van der Waals surface area contributed by atoms with Gasteiger partial charge in [-0.1, -0.05) is 78.0 Å². The van der Waals surface area contributed by atoms with Crippen LogP contribution in [0.4, 0.5) is 0 Å². The first kappa shape index (κ1) is 28.7. The number of thioether (sulfide) groups is 2. The zero-order valence-electron chi connectivity index (χ0n) is 22.8. The number of aromatic nitrogens is 1. The van der Waals surface area contributed by atoms with Crippen LogP contribution in [0.5, 0.6) is 0 Å². The van der Waals surface area contributed by atoms with Gasteiger partial charge in [-0.05, 0) is 86.9 Å². The average molecular weight is 578 g/mol. The molecule has 39 heavy (non-hydrogen) atoms. The Hall–Kier alpha value is -1.83. The first-order valence-electron chi connectivity index (χ1n) is 14.0. The van der Waals surface area contributed by atoms with Crippen LogP contribution < -0.4 is 0 Å². The average Bonchev–Trinajstić information content (AvgIpc) is 3.33. The molecule has 3 nitrogen and oxygen atoms in total. The molecule has 5 rings (SSSR count). The van der Waals surface area contributed by atoms with Crippen LogP contribution in [-0.4, -0.2) is 32.3 Å². The number of thiazole rings is 1. The quantitative estimate of drug-likeness (QED) is 0.230. The lowest BCUT2D eigenvalue weighted by Gasteiger charge is -2.41. The van der Waals surface area contributed by atoms with Crippen molar-refractivity contribution >= 4 is 44.7 Å². The maximum absolute atomic E-state index is 11.2. The van der Waals surface area contributed by atoms with Crippen LogP contribution in [0.1, 0.15) is 73.7 Å². The maximum Gasteiger partial charge on any atom is 0.125 e. The first-order chi connectivity index (χ1) is 18.9. The van der Waals surface area contributed by atoms with E-state index >= 15 is 0 Å². The highest BCUT2D eigenvalue weighted by molar-refractivity contribution is 8.16. The summed E-state index contributed by atoms with van der Waals surface area (Å²) in [5.74, 6) is 2.41. The van der Waals surface area contributed by atoms with Crippen molar-refractivity contribution in [3.8, 4) is 0 Å². The minimum Gasteiger partial charge on any atom is -0.390 e. The van der Waals surface area contributed by atoms with Crippen LogP contribution in [0.15, 0.2) is 84.6 Å². The molecule has 1 aromatic carbocycles. The van der Waals surface area contributed by atoms with Gasteiger partial charge >= 0.3 is 0 Å². The van der Waals surface area contributed by atoms with Gasteiger partial charge in [0.2, 0.25) is 0 Å². The molecule has 0 unspecified atom stereocenters. The normalized spacial score (nSPS) is 25.8. The van der Waals surface area contributed by atoms with E-state index < -0.39 is 11.2 Å². The lowest BCUT2D eigenvalue weighted by Crippen LogP contribution is -2.41. The van der Waals surface area contributed by atoms with Crippen LogP contribution in [0.3, 0.4) is 0 Å². The summed E-state index contributed by atoms with van der Waals surface area (Å²) in [5, 5.41) is 22.4. The molecule has 0 atom stereocenters. The second-order valence-corrected chi connectivity index (χ2v) is 14.4. The molecule has 0 bridgehead atoms. The fourth-order valence-electron chi connectivity index (χ4n) is 5.60. The smallest absolute Gasteiger partial charge is 0.125 e. The van der Waals surface area contributed by atoms with Gasteiger partial charge in [-0.2, -0.15) is 11.8 Å². The van der Waals surface area contributed by atoms with E-state index in [1.54, 1.807) is 11.3 Å². The molecule has 0 spiro atoms. The highest BCUT2D eigenvalue weighted by Gasteiger charge is 2.39. The highest BCUT2D eigenvalue weighted by atomic mass is 32.2. The highest BCUT2D eigenvalue weighted by Crippen LogP contribution is 2.48. The minimum absolute atomic E-state index is 0.425. The Balaban J connectivity index is 1.38. The van der Waals surface area contributed by atoms with E-state index in [2.05, 4.69) is 61.2 Å². The lowest BCUT2D eigenvalue weighted by molar-refractivity contribution is -0.0440. The van der Waals surface area contributed by atoms with Gasteiger partial charge in [0.15, 0.2) is 0 Å². The van der Waals surface area contributed by atoms with Crippen molar-refractivity contribution in [1.29, 1.82) is 0 Å². The Morgan fingerprint density at radius 2 is 1.92 bits per heavy atom. The molecule has 2 aliphatic heterocycles. The van der Waals surface area contributed by atoms with E-state index in [0.29, 0.717) is 5.92 Å². The fraction of sp³-hybridized carbons (Fsp3) is 0.424. The molecular formula is C33H39NO2S3. The lowest BCUT2D eigenvalue weighted by atomic mass is 9.68. The molecule has 1 saturated carbocycles. The molecule has 2 fully saturated rings. The van der Waals surface area contributed by atoms with E-state index in [9.17, 15) is 10.2 Å². The van der Waals surface area contributed by atoms with E-state index in [1.807, 2.05) is 42.7 Å². The van der Waals surface area contributed by atoms with Crippen LogP contribution in [0, 0.1) is 5.92 Å². The monoisotopic (exact) mass is 577 g/mol. The number of rotatable bonds is 9. The molecule has 0 amide bonds. The number of aliphatic hydroxyl groups is 2. The fourth-order valence-corrected chi connectivity index (χ4v) is 9.18. The molecule has 3 heterocycles. The van der Waals surface area contributed by atoms with Crippen molar-refractivity contribution in [2.45, 2.75) is 69.5 Å². The van der Waals surface area contributed by atoms with Gasteiger partial charge < -0.3 is 10.2 Å². The standard InChI is InChI=1S/C33H39NO2S3/c1-3-4-10-24(27-21-32(2,35)22-27)13-8-14-26-15-9-16-28(38-30(26)25-11-6-5-7-12-25)29-23-34-31(39-29)33(36)17-19-37-20-18-33/h3,5-8,10-13,16,23,27,35-36H,1,4,9,14-15,17-22H2,2H3. The second kappa shape index (κ2) is 12.8. The third-order valence-corrected chi connectivity index (χ3v) is 11.5. The van der Waals surface area contributed by atoms with E-state index in [0.717, 1.165) is 72.8 Å². The predicted molar refractivity (Wildman–Crippen MR) is 171 cm³/mol. The second-order valence-electron chi connectivity index (χ2n) is 11.1. The third-order valence-electron chi connectivity index (χ3n) is 7.85. The van der Waals surface area contributed by atoms with E-state index in [4.69, 9.17) is 4.98 Å². The number of benzene rings is 1. The van der Waals surface area contributed by atoms with E-state index in [-0.39, 0.29) is 0 Å². The molecule has 206 valence electrons. The molecule has 1 aliphatic carbocycles. The van der Waals surface area contributed by atoms with Crippen molar-refractivity contribution < 1.29 is 10.2 Å². The van der Waals surface area contributed by atoms with Gasteiger partial charge in [-0.15, -0.1) is 17.9 Å². The van der Waals surface area contributed by atoms with Crippen LogP contribution in [0.2, 0.25) is 0 Å². The Bertz CT molecular complexity index is 1270. The minimum atomic E-state index is -0.775. The molecule has 2 N–H and O–H groups in total. The van der Waals surface area contributed by atoms with Gasteiger partial charge in [-0.25, -0.2) is 4.98 Å². The summed E-state index contributed by atoms with van der Waals surface area (Å²) in [7, 11) is 0. The van der Waals surface area contributed by atoms with Crippen molar-refractivity contribution in [1.82, 2.24) is 4.98 Å². The topological polar surface area (TPSA) is 53.4 Å². The summed E-state index contributed by atoms with van der Waals surface area (Å²) in [6.07, 6.45) is 20.1. The number of allylic oxidation sites excluding steroid dienone is 7. The van der Waals surface area contributed by atoms with Crippen LogP contribution >= 0.6 is 34.9 Å². The maximum atomic E-state index is 11.2. The number of hydrogen-bond donors (Lipinski definition) is 2. The molecule has 1 aromatic heterocycles. The Morgan fingerprint density at radius 3 is 2.64 bits per heavy atom. The summed E-state index contributed by atoms with van der Waals surface area (Å²) in [4.78, 5) is 8.44. The molecular weight excluding hydrogens is 539 g/mol. The SMILES string of the molecule is C=CCC=C(C=CCC1=C(c2ccccc2)SC(c2cnc(C3(O)CCSCC3)s2)=CCC1)C1CC(C)(O)C1. The first-order valence-corrected chi connectivity index (χ1v) is 16.8. The van der Waals surface area contributed by atoms with Gasteiger partial charge in [0.25, 0.3) is 0 Å². The van der Waals surface area contributed by atoms with Crippen molar-refractivity contribution in [2.75, 3.05) is 11.5 Å². The van der Waals surface area contributed by atoms with Crippen molar-refractivity contribution in [3.05, 3.63) is 100 Å². The van der Waals surface area contributed by atoms with Gasteiger partial charge in [0.05, 0.1) is 10.5 Å². The summed E-state index contributed by atoms with van der Waals surface area (Å²) < 4.78 is 0. The summed E-state index contributed by atoms with van der Waals surface area (Å²) in [6, 6.07) is 10.7. The Labute approximate surface area is 245 Å². The number of hydrogen-bond acceptors (Lipinski definition) is 6. The van der Waals surface area contributed by atoms with Crippen LogP contribution in [-0.2, 0) is 5.60 Å². The van der Waals surface area contributed by atoms with Gasteiger partial charge in [-0.3, -0.25) is 0 Å². The van der Waals surface area contributed by atoms with Crippen molar-refractivity contribution in [2.24, 2.45) is 5.92 Å². The van der Waals surface area contributed by atoms with Crippen LogP contribution in [0.25, 0.3) is 9.81 Å². The third kappa shape index (κ3) is 7.09. The molecule has 6 heteroatoms. The van der Waals surface area contributed by atoms with Gasteiger partial charge in [0, 0.05) is 16.0 Å². The van der Waals surface area contributed by atoms with E-state index in [1.165, 1.54) is 26.5 Å².